The van der Waals surface area contributed by atoms with E-state index in [-0.39, 0.29) is 17.8 Å². The molecule has 0 bridgehead atoms. The molecule has 0 aliphatic carbocycles. The minimum Gasteiger partial charge on any atom is -0.343 e. The topological polar surface area (TPSA) is 36.4 Å². The zero-order valence-corrected chi connectivity index (χ0v) is 11.6. The number of nitrogens with zero attached hydrogens (tertiary/aromatic N) is 3. The molecule has 2 fully saturated rings. The molecule has 7 heteroatoms. The Hall–Kier alpha value is -1.79. The third kappa shape index (κ3) is 2.45. The average Bonchev–Trinajstić information content (AvgIpc) is 2.90. The zero-order chi connectivity index (χ0) is 15.2. The van der Waals surface area contributed by atoms with Gasteiger partial charge in [0, 0.05) is 19.1 Å². The van der Waals surface area contributed by atoms with Crippen molar-refractivity contribution in [1.82, 2.24) is 9.88 Å². The van der Waals surface area contributed by atoms with Gasteiger partial charge in [0.25, 0.3) is 0 Å². The summed E-state index contributed by atoms with van der Waals surface area (Å²) >= 11 is 0. The maximum absolute atomic E-state index is 12.8. The molecule has 4 nitrogen and oxygen atoms in total. The summed E-state index contributed by atoms with van der Waals surface area (Å²) in [6.07, 6.45) is -2.63. The quantitative estimate of drug-likeness (QED) is 0.798. The van der Waals surface area contributed by atoms with Crippen molar-refractivity contribution < 1.29 is 18.0 Å². The van der Waals surface area contributed by atoms with Gasteiger partial charge in [-0.15, -0.1) is 0 Å². The van der Waals surface area contributed by atoms with Gasteiger partial charge in [-0.1, -0.05) is 6.07 Å². The van der Waals surface area contributed by atoms with Gasteiger partial charge in [0.1, 0.15) is 17.6 Å². The molecule has 0 unspecified atom stereocenters. The number of carbonyl (C=O) groups excluding carboxylic acids is 1. The molecule has 1 aromatic heterocycles. The highest BCUT2D eigenvalue weighted by Crippen LogP contribution is 2.32. The second-order valence-electron chi connectivity index (χ2n) is 5.53. The van der Waals surface area contributed by atoms with Crippen LogP contribution in [0.3, 0.4) is 0 Å². The van der Waals surface area contributed by atoms with Gasteiger partial charge in [-0.25, -0.2) is 4.98 Å². The number of carbonyl (C=O) groups is 1. The summed E-state index contributed by atoms with van der Waals surface area (Å²) in [4.78, 5) is 19.5. The standard InChI is InChI=1S/C14H16F3N3O/c1-9-13(21)19-7-3-4-10(19)8-20(9)12-6-2-5-11(18-12)14(15,16)17/h2,5-6,9-10H,3-4,7-8H2,1H3/t9-,10+/m1/s1. The van der Waals surface area contributed by atoms with E-state index in [9.17, 15) is 18.0 Å². The van der Waals surface area contributed by atoms with Crippen LogP contribution in [0, 0.1) is 0 Å². The van der Waals surface area contributed by atoms with E-state index < -0.39 is 17.9 Å². The third-order valence-corrected chi connectivity index (χ3v) is 4.21. The molecule has 0 radical (unpaired) electrons. The van der Waals surface area contributed by atoms with Gasteiger partial charge in [-0.05, 0) is 31.9 Å². The Balaban J connectivity index is 1.91. The van der Waals surface area contributed by atoms with E-state index in [0.29, 0.717) is 6.54 Å². The van der Waals surface area contributed by atoms with Crippen LogP contribution in [0.1, 0.15) is 25.5 Å². The first-order valence-electron chi connectivity index (χ1n) is 6.99. The maximum Gasteiger partial charge on any atom is 0.433 e. The van der Waals surface area contributed by atoms with E-state index in [1.165, 1.54) is 12.1 Å². The minimum atomic E-state index is -4.47. The number of piperazine rings is 1. The Morgan fingerprint density at radius 1 is 1.29 bits per heavy atom. The number of aromatic nitrogens is 1. The van der Waals surface area contributed by atoms with Gasteiger partial charge >= 0.3 is 6.18 Å². The third-order valence-electron chi connectivity index (χ3n) is 4.21. The molecule has 2 aliphatic rings. The lowest BCUT2D eigenvalue weighted by Crippen LogP contribution is -2.59. The Morgan fingerprint density at radius 3 is 2.76 bits per heavy atom. The van der Waals surface area contributed by atoms with Crippen LogP contribution in [-0.2, 0) is 11.0 Å². The van der Waals surface area contributed by atoms with Crippen LogP contribution >= 0.6 is 0 Å². The fourth-order valence-electron chi connectivity index (χ4n) is 3.11. The molecule has 2 atom stereocenters. The molecule has 0 saturated carbocycles. The molecular weight excluding hydrogens is 283 g/mol. The van der Waals surface area contributed by atoms with E-state index in [2.05, 4.69) is 4.98 Å². The largest absolute Gasteiger partial charge is 0.433 e. The highest BCUT2D eigenvalue weighted by molar-refractivity contribution is 5.86. The van der Waals surface area contributed by atoms with Gasteiger partial charge in [0.2, 0.25) is 5.91 Å². The minimum absolute atomic E-state index is 0.0250. The lowest BCUT2D eigenvalue weighted by Gasteiger charge is -2.42. The molecular formula is C14H16F3N3O. The summed E-state index contributed by atoms with van der Waals surface area (Å²) in [5, 5.41) is 0. The smallest absolute Gasteiger partial charge is 0.343 e. The number of pyridine rings is 1. The summed E-state index contributed by atoms with van der Waals surface area (Å²) in [5.74, 6) is 0.195. The molecule has 1 amide bonds. The normalized spacial score (nSPS) is 26.2. The molecule has 2 saturated heterocycles. The first kappa shape index (κ1) is 14.2. The highest BCUT2D eigenvalue weighted by Gasteiger charge is 2.41. The molecule has 3 heterocycles. The Labute approximate surface area is 120 Å². The van der Waals surface area contributed by atoms with Gasteiger partial charge in [-0.3, -0.25) is 4.79 Å². The number of halogens is 3. The van der Waals surface area contributed by atoms with Gasteiger partial charge < -0.3 is 9.80 Å². The van der Waals surface area contributed by atoms with E-state index >= 15 is 0 Å². The van der Waals surface area contributed by atoms with Crippen LogP contribution in [-0.4, -0.2) is 41.0 Å². The Bertz CT molecular complexity index is 561. The number of amides is 1. The molecule has 0 spiro atoms. The summed E-state index contributed by atoms with van der Waals surface area (Å²) < 4.78 is 38.3. The summed E-state index contributed by atoms with van der Waals surface area (Å²) in [7, 11) is 0. The first-order chi connectivity index (χ1) is 9.88. The molecule has 21 heavy (non-hydrogen) atoms. The Morgan fingerprint density at radius 2 is 2.05 bits per heavy atom. The summed E-state index contributed by atoms with van der Waals surface area (Å²) in [6, 6.07) is 3.43. The maximum atomic E-state index is 12.8. The molecule has 114 valence electrons. The van der Waals surface area contributed by atoms with Crippen LogP contribution < -0.4 is 4.90 Å². The van der Waals surface area contributed by atoms with Gasteiger partial charge in [0.05, 0.1) is 0 Å². The van der Waals surface area contributed by atoms with Crippen LogP contribution in [0.15, 0.2) is 18.2 Å². The fourth-order valence-corrected chi connectivity index (χ4v) is 3.11. The van der Waals surface area contributed by atoms with Crippen molar-refractivity contribution in [2.75, 3.05) is 18.0 Å². The predicted molar refractivity (Wildman–Crippen MR) is 70.8 cm³/mol. The monoisotopic (exact) mass is 299 g/mol. The van der Waals surface area contributed by atoms with Crippen molar-refractivity contribution >= 4 is 11.7 Å². The van der Waals surface area contributed by atoms with E-state index in [1.807, 2.05) is 4.90 Å². The summed E-state index contributed by atoms with van der Waals surface area (Å²) in [5.41, 5.74) is -0.923. The van der Waals surface area contributed by atoms with Crippen molar-refractivity contribution in [1.29, 1.82) is 0 Å². The van der Waals surface area contributed by atoms with Crippen molar-refractivity contribution in [3.63, 3.8) is 0 Å². The molecule has 2 aliphatic heterocycles. The number of alkyl halides is 3. The Kier molecular flexibility index (Phi) is 3.30. The van der Waals surface area contributed by atoms with Crippen LogP contribution in [0.5, 0.6) is 0 Å². The average molecular weight is 299 g/mol. The molecule has 0 N–H and O–H groups in total. The van der Waals surface area contributed by atoms with Crippen molar-refractivity contribution in [3.8, 4) is 0 Å². The second-order valence-corrected chi connectivity index (χ2v) is 5.53. The lowest BCUT2D eigenvalue weighted by atomic mass is 10.1. The van der Waals surface area contributed by atoms with E-state index in [0.717, 1.165) is 25.5 Å². The molecule has 0 aromatic carbocycles. The number of hydrogen-bond acceptors (Lipinski definition) is 3. The molecule has 3 rings (SSSR count). The van der Waals surface area contributed by atoms with Crippen molar-refractivity contribution in [3.05, 3.63) is 23.9 Å². The lowest BCUT2D eigenvalue weighted by molar-refractivity contribution is -0.141. The zero-order valence-electron chi connectivity index (χ0n) is 11.6. The number of rotatable bonds is 1. The van der Waals surface area contributed by atoms with Gasteiger partial charge in [-0.2, -0.15) is 13.2 Å². The van der Waals surface area contributed by atoms with Crippen LogP contribution in [0.2, 0.25) is 0 Å². The van der Waals surface area contributed by atoms with Crippen LogP contribution in [0.25, 0.3) is 0 Å². The first-order valence-corrected chi connectivity index (χ1v) is 6.99. The number of hydrogen-bond donors (Lipinski definition) is 0. The van der Waals surface area contributed by atoms with Crippen LogP contribution in [0.4, 0.5) is 19.0 Å². The number of fused-ring (bicyclic) bond motifs is 1. The van der Waals surface area contributed by atoms with Crippen molar-refractivity contribution in [2.24, 2.45) is 0 Å². The van der Waals surface area contributed by atoms with Crippen molar-refractivity contribution in [2.45, 2.75) is 38.0 Å². The fraction of sp³-hybridized carbons (Fsp3) is 0.571. The highest BCUT2D eigenvalue weighted by atomic mass is 19.4. The predicted octanol–water partition coefficient (Wildman–Crippen LogP) is 2.30. The van der Waals surface area contributed by atoms with E-state index in [1.54, 1.807) is 11.8 Å². The number of anilines is 1. The molecule has 1 aromatic rings. The van der Waals surface area contributed by atoms with Gasteiger partial charge in [0.15, 0.2) is 0 Å². The SMILES string of the molecule is C[C@@H]1C(=O)N2CCC[C@H]2CN1c1cccc(C(F)(F)F)n1. The summed E-state index contributed by atoms with van der Waals surface area (Å²) in [6.45, 7) is 3.01. The second kappa shape index (κ2) is 4.89. The van der Waals surface area contributed by atoms with E-state index in [4.69, 9.17) is 0 Å².